The minimum absolute atomic E-state index is 0.0363. The molecule has 0 spiro atoms. The van der Waals surface area contributed by atoms with E-state index >= 15 is 0 Å². The first-order valence-corrected chi connectivity index (χ1v) is 32.1. The minimum Gasteiger partial charge on any atom is -0.756 e. The highest BCUT2D eigenvalue weighted by Crippen LogP contribution is 2.38. The van der Waals surface area contributed by atoms with Crippen molar-refractivity contribution in [3.63, 3.8) is 0 Å². The van der Waals surface area contributed by atoms with Gasteiger partial charge in [-0.2, -0.15) is 0 Å². The van der Waals surface area contributed by atoms with Gasteiger partial charge in [-0.3, -0.25) is 14.2 Å². The third kappa shape index (κ3) is 59.9. The molecule has 0 aliphatic rings. The molecule has 0 aromatic carbocycles. The summed E-state index contributed by atoms with van der Waals surface area (Å²) >= 11 is 0. The van der Waals surface area contributed by atoms with Crippen molar-refractivity contribution in [2.75, 3.05) is 47.5 Å². The summed E-state index contributed by atoms with van der Waals surface area (Å²) in [6.45, 7) is 4.01. The Morgan fingerprint density at radius 1 is 0.408 bits per heavy atom. The van der Waals surface area contributed by atoms with Crippen LogP contribution >= 0.6 is 7.82 Å². The van der Waals surface area contributed by atoms with Crippen LogP contribution in [0.1, 0.15) is 245 Å². The van der Waals surface area contributed by atoms with E-state index in [4.69, 9.17) is 18.5 Å². The zero-order valence-corrected chi connectivity index (χ0v) is 50.3. The molecule has 2 unspecified atom stereocenters. The Morgan fingerprint density at radius 2 is 0.711 bits per heavy atom. The molecule has 0 amide bonds. The molecule has 10 heteroatoms. The van der Waals surface area contributed by atoms with E-state index in [9.17, 15) is 19.0 Å². The van der Waals surface area contributed by atoms with E-state index in [1.165, 1.54) is 103 Å². The van der Waals surface area contributed by atoms with E-state index in [2.05, 4.69) is 123 Å². The standard InChI is InChI=1S/C66H114NO8P/c1-6-8-10-12-14-16-18-20-22-24-26-28-30-31-32-33-34-35-37-39-41-43-45-47-49-51-53-55-57-59-66(69)75-64(63-74-76(70,71)73-61-60-67(3,4)5)62-72-65(68)58-56-54-52-50-48-46-44-42-40-38-36-29-27-25-23-21-19-17-15-13-11-9-7-2/h8-11,14-17,20-23,26-29,31-32,64H,6-7,12-13,18-19,24-25,30,33-63H2,1-5H3/b10-8-,11-9-,16-14-,17-15-,22-20-,23-21-,28-26-,29-27-,32-31-. The van der Waals surface area contributed by atoms with Gasteiger partial charge < -0.3 is 27.9 Å². The van der Waals surface area contributed by atoms with E-state index in [1.54, 1.807) is 0 Å². The van der Waals surface area contributed by atoms with Gasteiger partial charge in [0.25, 0.3) is 7.82 Å². The lowest BCUT2D eigenvalue weighted by atomic mass is 10.0. The molecule has 2 atom stereocenters. The quantitative estimate of drug-likeness (QED) is 0.0195. The van der Waals surface area contributed by atoms with Crippen molar-refractivity contribution < 1.29 is 42.1 Å². The second kappa shape index (κ2) is 56.4. The van der Waals surface area contributed by atoms with Gasteiger partial charge >= 0.3 is 11.9 Å². The number of nitrogens with zero attached hydrogens (tertiary/aromatic N) is 1. The third-order valence-corrected chi connectivity index (χ3v) is 13.8. The summed E-state index contributed by atoms with van der Waals surface area (Å²) in [6.07, 6.45) is 78.5. The van der Waals surface area contributed by atoms with Crippen LogP contribution in [0.15, 0.2) is 109 Å². The number of carbonyl (C=O) groups is 2. The van der Waals surface area contributed by atoms with Crippen LogP contribution < -0.4 is 4.89 Å². The highest BCUT2D eigenvalue weighted by molar-refractivity contribution is 7.45. The maximum absolute atomic E-state index is 12.8. The second-order valence-corrected chi connectivity index (χ2v) is 22.7. The van der Waals surface area contributed by atoms with Crippen molar-refractivity contribution in [1.29, 1.82) is 0 Å². The predicted molar refractivity (Wildman–Crippen MR) is 323 cm³/mol. The summed E-state index contributed by atoms with van der Waals surface area (Å²) in [7, 11) is 1.15. The average molecular weight is 1080 g/mol. The summed E-state index contributed by atoms with van der Waals surface area (Å²) in [4.78, 5) is 38.0. The van der Waals surface area contributed by atoms with E-state index in [1.807, 2.05) is 21.1 Å². The lowest BCUT2D eigenvalue weighted by molar-refractivity contribution is -0.870. The van der Waals surface area contributed by atoms with Crippen LogP contribution in [-0.4, -0.2) is 70.0 Å². The number of rotatable bonds is 55. The SMILES string of the molecule is CC/C=C\C/C=C\C/C=C\C/C=C\C/C=C\CCCCCCCCCCCCCCCC(=O)OC(COC(=O)CCCCCCCCCCCC/C=C\C/C=C\C/C=C\C/C=C\CC)COP(=O)([O-])OCC[N+](C)(C)C. The number of hydrogen-bond acceptors (Lipinski definition) is 8. The highest BCUT2D eigenvalue weighted by atomic mass is 31.2. The van der Waals surface area contributed by atoms with Gasteiger partial charge in [-0.05, 0) is 96.3 Å². The Labute approximate surface area is 467 Å². The molecule has 0 aliphatic heterocycles. The molecule has 0 aromatic heterocycles. The zero-order valence-electron chi connectivity index (χ0n) is 49.4. The van der Waals surface area contributed by atoms with Crippen molar-refractivity contribution >= 4 is 19.8 Å². The van der Waals surface area contributed by atoms with Gasteiger partial charge in [0.1, 0.15) is 19.8 Å². The van der Waals surface area contributed by atoms with Gasteiger partial charge in [-0.1, -0.05) is 245 Å². The maximum atomic E-state index is 12.8. The van der Waals surface area contributed by atoms with Gasteiger partial charge in [0, 0.05) is 12.8 Å². The second-order valence-electron chi connectivity index (χ2n) is 21.3. The van der Waals surface area contributed by atoms with Crippen LogP contribution in [-0.2, 0) is 32.7 Å². The van der Waals surface area contributed by atoms with Gasteiger partial charge in [0.15, 0.2) is 6.10 Å². The Balaban J connectivity index is 4.15. The molecule has 0 aromatic rings. The van der Waals surface area contributed by atoms with Gasteiger partial charge in [0.2, 0.25) is 0 Å². The molecular weight excluding hydrogens is 966 g/mol. The molecular formula is C66H114NO8P. The van der Waals surface area contributed by atoms with Crippen molar-refractivity contribution in [2.45, 2.75) is 251 Å². The minimum atomic E-state index is -4.65. The molecule has 0 radical (unpaired) electrons. The number of ether oxygens (including phenoxy) is 2. The summed E-state index contributed by atoms with van der Waals surface area (Å²) in [5.74, 6) is -0.841. The molecule has 0 heterocycles. The molecule has 0 N–H and O–H groups in total. The van der Waals surface area contributed by atoms with Crippen molar-refractivity contribution in [3.8, 4) is 0 Å². The topological polar surface area (TPSA) is 111 Å². The fourth-order valence-corrected chi connectivity index (χ4v) is 8.87. The van der Waals surface area contributed by atoms with Crippen molar-refractivity contribution in [3.05, 3.63) is 109 Å². The predicted octanol–water partition coefficient (Wildman–Crippen LogP) is 18.7. The number of allylic oxidation sites excluding steroid dienone is 18. The fraction of sp³-hybridized carbons (Fsp3) is 0.697. The van der Waals surface area contributed by atoms with Crippen LogP contribution in [0.25, 0.3) is 0 Å². The Kier molecular flexibility index (Phi) is 53.9. The van der Waals surface area contributed by atoms with Crippen LogP contribution in [0.4, 0.5) is 0 Å². The number of phosphoric acid groups is 1. The first-order valence-electron chi connectivity index (χ1n) is 30.6. The molecule has 76 heavy (non-hydrogen) atoms. The number of carbonyl (C=O) groups excluding carboxylic acids is 2. The Hall–Kier alpha value is -3.33. The third-order valence-electron chi connectivity index (χ3n) is 12.8. The summed E-state index contributed by atoms with van der Waals surface area (Å²) in [5, 5.41) is 0. The first kappa shape index (κ1) is 72.7. The highest BCUT2D eigenvalue weighted by Gasteiger charge is 2.22. The first-order chi connectivity index (χ1) is 37.0. The smallest absolute Gasteiger partial charge is 0.306 e. The molecule has 0 fully saturated rings. The van der Waals surface area contributed by atoms with Gasteiger partial charge in [-0.15, -0.1) is 0 Å². The van der Waals surface area contributed by atoms with Gasteiger partial charge in [-0.25, -0.2) is 0 Å². The number of phosphoric ester groups is 1. The summed E-state index contributed by atoms with van der Waals surface area (Å²) in [5.41, 5.74) is 0. The zero-order chi connectivity index (χ0) is 55.6. The number of quaternary nitrogens is 1. The monoisotopic (exact) mass is 1080 g/mol. The van der Waals surface area contributed by atoms with Crippen LogP contribution in [0, 0.1) is 0 Å². The van der Waals surface area contributed by atoms with E-state index < -0.39 is 26.5 Å². The molecule has 0 bridgehead atoms. The van der Waals surface area contributed by atoms with Crippen LogP contribution in [0.5, 0.6) is 0 Å². The van der Waals surface area contributed by atoms with Crippen molar-refractivity contribution in [2.24, 2.45) is 0 Å². The molecule has 9 nitrogen and oxygen atoms in total. The molecule has 0 aliphatic carbocycles. The molecule has 0 rings (SSSR count). The normalized spacial score (nSPS) is 14.0. The lowest BCUT2D eigenvalue weighted by Crippen LogP contribution is -2.37. The number of esters is 2. The van der Waals surface area contributed by atoms with E-state index in [-0.39, 0.29) is 32.0 Å². The lowest BCUT2D eigenvalue weighted by Gasteiger charge is -2.28. The maximum Gasteiger partial charge on any atom is 0.306 e. The summed E-state index contributed by atoms with van der Waals surface area (Å²) in [6, 6.07) is 0. The largest absolute Gasteiger partial charge is 0.756 e. The van der Waals surface area contributed by atoms with E-state index in [0.29, 0.717) is 17.4 Å². The number of hydrogen-bond donors (Lipinski definition) is 0. The molecule has 0 saturated carbocycles. The van der Waals surface area contributed by atoms with Crippen LogP contribution in [0.3, 0.4) is 0 Å². The Morgan fingerprint density at radius 3 is 1.05 bits per heavy atom. The number of unbranched alkanes of at least 4 members (excludes halogenated alkanes) is 23. The number of likely N-dealkylation sites (N-methyl/N-ethyl adjacent to an activating group) is 1. The van der Waals surface area contributed by atoms with E-state index in [0.717, 1.165) is 109 Å². The molecule has 0 saturated heterocycles. The summed E-state index contributed by atoms with van der Waals surface area (Å²) < 4.78 is 34.2. The Bertz CT molecular complexity index is 1650. The van der Waals surface area contributed by atoms with Crippen LogP contribution in [0.2, 0.25) is 0 Å². The van der Waals surface area contributed by atoms with Gasteiger partial charge in [0.05, 0.1) is 27.7 Å². The molecule has 436 valence electrons. The average Bonchev–Trinajstić information content (AvgIpc) is 3.38. The van der Waals surface area contributed by atoms with Crippen molar-refractivity contribution in [1.82, 2.24) is 0 Å². The fourth-order valence-electron chi connectivity index (χ4n) is 8.15.